The second-order valence-electron chi connectivity index (χ2n) is 3.01. The zero-order valence-electron chi connectivity index (χ0n) is 8.46. The second kappa shape index (κ2) is 5.37. The normalized spacial score (nSPS) is 12.6. The number of rotatable bonds is 4. The van der Waals surface area contributed by atoms with Gasteiger partial charge in [0.1, 0.15) is 6.73 Å². The number of aromatic nitrogens is 2. The van der Waals surface area contributed by atoms with Gasteiger partial charge in [-0.15, -0.1) is 0 Å². The zero-order chi connectivity index (χ0) is 12.3. The van der Waals surface area contributed by atoms with Crippen molar-refractivity contribution in [1.29, 1.82) is 0 Å². The van der Waals surface area contributed by atoms with Crippen LogP contribution in [0.4, 0.5) is 5.82 Å². The summed E-state index contributed by atoms with van der Waals surface area (Å²) in [5.41, 5.74) is 1.35. The summed E-state index contributed by atoms with van der Waals surface area (Å²) in [5.74, 6) is 0.302. The Morgan fingerprint density at radius 1 is 1.35 bits per heavy atom. The van der Waals surface area contributed by atoms with Gasteiger partial charge in [0.25, 0.3) is 0 Å². The standard InChI is InChI=1S/C9H8ClN3O3S/c10-8-9(11-5-16-17(14)15)13-7-4-2-1-3-6(7)12-8/h1-4H,5H2,(H,11,13)(H,14,15). The molecule has 1 heterocycles. The Hall–Kier alpha value is -1.28. The fraction of sp³-hybridized carbons (Fsp3) is 0.111. The third-order valence-corrected chi connectivity index (χ3v) is 2.51. The molecule has 0 bridgehead atoms. The van der Waals surface area contributed by atoms with Crippen LogP contribution in [0, 0.1) is 0 Å². The van der Waals surface area contributed by atoms with Crippen LogP contribution in [-0.4, -0.2) is 25.5 Å². The topological polar surface area (TPSA) is 84.3 Å². The van der Waals surface area contributed by atoms with Crippen molar-refractivity contribution in [3.05, 3.63) is 29.4 Å². The number of nitrogens with one attached hydrogen (secondary N) is 1. The molecule has 6 nitrogen and oxygen atoms in total. The van der Waals surface area contributed by atoms with Crippen LogP contribution in [0.15, 0.2) is 24.3 Å². The van der Waals surface area contributed by atoms with Crippen molar-refractivity contribution in [3.8, 4) is 0 Å². The molecule has 1 unspecified atom stereocenters. The highest BCUT2D eigenvalue weighted by atomic mass is 35.5. The number of hydrogen-bond donors (Lipinski definition) is 2. The number of nitrogens with zero attached hydrogens (tertiary/aromatic N) is 2. The van der Waals surface area contributed by atoms with Crippen LogP contribution in [-0.2, 0) is 15.5 Å². The minimum absolute atomic E-state index is 0.177. The largest absolute Gasteiger partial charge is 0.344 e. The van der Waals surface area contributed by atoms with E-state index in [0.29, 0.717) is 16.9 Å². The fourth-order valence-electron chi connectivity index (χ4n) is 1.24. The molecular weight excluding hydrogens is 266 g/mol. The lowest BCUT2D eigenvalue weighted by Crippen LogP contribution is -2.09. The minimum atomic E-state index is -2.33. The first-order valence-corrected chi connectivity index (χ1v) is 5.98. The molecule has 90 valence electrons. The molecule has 0 saturated carbocycles. The number of hydrogen-bond acceptors (Lipinski definition) is 5. The van der Waals surface area contributed by atoms with Crippen molar-refractivity contribution in [2.24, 2.45) is 0 Å². The first-order chi connectivity index (χ1) is 8.16. The Morgan fingerprint density at radius 2 is 2.00 bits per heavy atom. The molecule has 1 aromatic carbocycles. The van der Waals surface area contributed by atoms with Crippen LogP contribution in [0.2, 0.25) is 5.15 Å². The monoisotopic (exact) mass is 273 g/mol. The maximum absolute atomic E-state index is 10.3. The van der Waals surface area contributed by atoms with Crippen LogP contribution in [0.25, 0.3) is 11.0 Å². The molecule has 1 atom stereocenters. The third kappa shape index (κ3) is 3.10. The average Bonchev–Trinajstić information content (AvgIpc) is 2.29. The summed E-state index contributed by atoms with van der Waals surface area (Å²) in [6, 6.07) is 7.23. The Kier molecular flexibility index (Phi) is 3.85. The molecule has 0 radical (unpaired) electrons. The van der Waals surface area contributed by atoms with Crippen molar-refractivity contribution in [2.45, 2.75) is 0 Å². The fourth-order valence-corrected chi connectivity index (χ4v) is 1.60. The van der Waals surface area contributed by atoms with E-state index in [1.54, 1.807) is 12.1 Å². The summed E-state index contributed by atoms with van der Waals surface area (Å²) in [6.07, 6.45) is 0. The van der Waals surface area contributed by atoms with E-state index < -0.39 is 11.4 Å². The molecule has 0 fully saturated rings. The summed E-state index contributed by atoms with van der Waals surface area (Å²) in [5, 5.41) is 2.83. The van der Waals surface area contributed by atoms with E-state index in [2.05, 4.69) is 19.5 Å². The lowest BCUT2D eigenvalue weighted by atomic mass is 10.3. The first-order valence-electron chi connectivity index (χ1n) is 4.57. The Morgan fingerprint density at radius 3 is 2.65 bits per heavy atom. The highest BCUT2D eigenvalue weighted by Crippen LogP contribution is 2.20. The molecule has 8 heteroatoms. The molecule has 2 N–H and O–H groups in total. The van der Waals surface area contributed by atoms with Gasteiger partial charge >= 0.3 is 11.4 Å². The number of para-hydroxylation sites is 2. The van der Waals surface area contributed by atoms with E-state index in [1.807, 2.05) is 12.1 Å². The predicted molar refractivity (Wildman–Crippen MR) is 64.9 cm³/mol. The van der Waals surface area contributed by atoms with Crippen LogP contribution < -0.4 is 5.32 Å². The van der Waals surface area contributed by atoms with Gasteiger partial charge in [-0.05, 0) is 12.1 Å². The number of anilines is 1. The van der Waals surface area contributed by atoms with Crippen LogP contribution >= 0.6 is 11.6 Å². The highest BCUT2D eigenvalue weighted by molar-refractivity contribution is 7.74. The maximum atomic E-state index is 10.3. The maximum Gasteiger partial charge on any atom is 0.303 e. The molecule has 0 aliphatic heterocycles. The van der Waals surface area contributed by atoms with E-state index in [0.717, 1.165) is 0 Å². The summed E-state index contributed by atoms with van der Waals surface area (Å²) in [7, 11) is 0. The van der Waals surface area contributed by atoms with Gasteiger partial charge in [0.2, 0.25) is 0 Å². The average molecular weight is 274 g/mol. The summed E-state index contributed by atoms with van der Waals surface area (Å²) >= 11 is 3.56. The van der Waals surface area contributed by atoms with E-state index >= 15 is 0 Å². The van der Waals surface area contributed by atoms with Gasteiger partial charge < -0.3 is 5.32 Å². The molecule has 0 aliphatic carbocycles. The molecule has 2 aromatic rings. The Bertz CT molecular complexity index is 566. The lowest BCUT2D eigenvalue weighted by Gasteiger charge is -2.06. The molecular formula is C9H8ClN3O3S. The zero-order valence-corrected chi connectivity index (χ0v) is 10.0. The summed E-state index contributed by atoms with van der Waals surface area (Å²) in [4.78, 5) is 8.33. The molecule has 2 rings (SSSR count). The number of halogens is 1. The van der Waals surface area contributed by atoms with Gasteiger partial charge in [-0.1, -0.05) is 23.7 Å². The van der Waals surface area contributed by atoms with Crippen molar-refractivity contribution in [1.82, 2.24) is 9.97 Å². The SMILES string of the molecule is O=S(O)OCNc1nc2ccccc2nc1Cl. The smallest absolute Gasteiger partial charge is 0.303 e. The lowest BCUT2D eigenvalue weighted by molar-refractivity contribution is 0.330. The van der Waals surface area contributed by atoms with Gasteiger partial charge in [0, 0.05) is 0 Å². The van der Waals surface area contributed by atoms with Gasteiger partial charge in [-0.2, -0.15) is 4.21 Å². The van der Waals surface area contributed by atoms with E-state index in [-0.39, 0.29) is 11.9 Å². The first kappa shape index (κ1) is 12.2. The van der Waals surface area contributed by atoms with Crippen molar-refractivity contribution in [2.75, 3.05) is 12.0 Å². The molecule has 0 aliphatic rings. The number of fused-ring (bicyclic) bond motifs is 1. The minimum Gasteiger partial charge on any atom is -0.344 e. The highest BCUT2D eigenvalue weighted by Gasteiger charge is 2.06. The molecule has 1 aromatic heterocycles. The Balaban J connectivity index is 2.22. The van der Waals surface area contributed by atoms with Crippen molar-refractivity contribution >= 4 is 39.8 Å². The van der Waals surface area contributed by atoms with Crippen LogP contribution in [0.3, 0.4) is 0 Å². The van der Waals surface area contributed by atoms with Gasteiger partial charge in [0.05, 0.1) is 11.0 Å². The van der Waals surface area contributed by atoms with Crippen molar-refractivity contribution in [3.63, 3.8) is 0 Å². The summed E-state index contributed by atoms with van der Waals surface area (Å²) in [6.45, 7) is -0.185. The van der Waals surface area contributed by atoms with Gasteiger partial charge in [0.15, 0.2) is 11.0 Å². The third-order valence-electron chi connectivity index (χ3n) is 1.93. The van der Waals surface area contributed by atoms with E-state index in [1.165, 1.54) is 0 Å². The summed E-state index contributed by atoms with van der Waals surface area (Å²) < 4.78 is 23.1. The second-order valence-corrected chi connectivity index (χ2v) is 4.04. The van der Waals surface area contributed by atoms with Crippen molar-refractivity contribution < 1.29 is 12.9 Å². The van der Waals surface area contributed by atoms with Crippen LogP contribution in [0.1, 0.15) is 0 Å². The molecule has 0 saturated heterocycles. The molecule has 0 amide bonds. The van der Waals surface area contributed by atoms with Gasteiger partial charge in [-0.3, -0.25) is 4.55 Å². The van der Waals surface area contributed by atoms with E-state index in [9.17, 15) is 4.21 Å². The predicted octanol–water partition coefficient (Wildman–Crippen LogP) is 1.81. The van der Waals surface area contributed by atoms with E-state index in [4.69, 9.17) is 16.2 Å². The molecule has 0 spiro atoms. The Labute approximate surface area is 104 Å². The van der Waals surface area contributed by atoms with Gasteiger partial charge in [-0.25, -0.2) is 14.2 Å². The quantitative estimate of drug-likeness (QED) is 0.653. The molecule has 17 heavy (non-hydrogen) atoms. The number of benzene rings is 1. The van der Waals surface area contributed by atoms with Crippen LogP contribution in [0.5, 0.6) is 0 Å².